The number of nitrogens with zero attached hydrogens (tertiary/aromatic N) is 1. The summed E-state index contributed by atoms with van der Waals surface area (Å²) >= 11 is 0. The van der Waals surface area contributed by atoms with E-state index in [2.05, 4.69) is 5.32 Å². The number of carbonyl (C=O) groups is 4. The monoisotopic (exact) mass is 682 g/mol. The molecule has 3 aromatic carbocycles. The van der Waals surface area contributed by atoms with Crippen molar-refractivity contribution in [2.75, 3.05) is 41.5 Å². The van der Waals surface area contributed by atoms with Crippen LogP contribution in [0.3, 0.4) is 0 Å². The van der Waals surface area contributed by atoms with Gasteiger partial charge in [0.05, 0.1) is 24.3 Å². The first-order valence-corrected chi connectivity index (χ1v) is 15.3. The summed E-state index contributed by atoms with van der Waals surface area (Å²) in [6.07, 6.45) is -3.07. The topological polar surface area (TPSA) is 159 Å². The number of amides is 2. The normalized spacial score (nSPS) is 17.4. The highest BCUT2D eigenvalue weighted by Gasteiger charge is 2.46. The van der Waals surface area contributed by atoms with Gasteiger partial charge in [0.1, 0.15) is 11.5 Å². The van der Waals surface area contributed by atoms with Crippen LogP contribution in [0.2, 0.25) is 0 Å². The van der Waals surface area contributed by atoms with E-state index in [4.69, 9.17) is 28.4 Å². The van der Waals surface area contributed by atoms with Gasteiger partial charge in [-0.05, 0) is 74.2 Å². The summed E-state index contributed by atoms with van der Waals surface area (Å²) in [7, 11) is 4.06. The van der Waals surface area contributed by atoms with Crippen LogP contribution in [-0.4, -0.2) is 87.5 Å². The lowest BCUT2D eigenvalue weighted by Crippen LogP contribution is -2.58. The quantitative estimate of drug-likeness (QED) is 0.142. The van der Waals surface area contributed by atoms with Crippen LogP contribution in [0.1, 0.15) is 55.0 Å². The van der Waals surface area contributed by atoms with E-state index in [-0.39, 0.29) is 55.6 Å². The van der Waals surface area contributed by atoms with Gasteiger partial charge in [0.15, 0.2) is 30.9 Å². The smallest absolute Gasteiger partial charge is 0.410 e. The Morgan fingerprint density at radius 1 is 0.898 bits per heavy atom. The van der Waals surface area contributed by atoms with Crippen LogP contribution in [0.25, 0.3) is 0 Å². The highest BCUT2D eigenvalue weighted by atomic mass is 19.1. The van der Waals surface area contributed by atoms with Crippen LogP contribution >= 0.6 is 0 Å². The fourth-order valence-electron chi connectivity index (χ4n) is 5.76. The molecule has 2 N–H and O–H groups in total. The highest BCUT2D eigenvalue weighted by Crippen LogP contribution is 2.36. The molecule has 262 valence electrons. The third-order valence-corrected chi connectivity index (χ3v) is 7.99. The SMILES string of the molecule is COCOc1ccc(OC)c(F)c1C(=O)C1CCCN(C(=O)O)C(OC(=O)c2ccccc2)C1NC(=O)c1cc(C)c(OCOC)c(C)c1. The first kappa shape index (κ1) is 36.6. The molecule has 0 radical (unpaired) electrons. The van der Waals surface area contributed by atoms with Gasteiger partial charge in [0, 0.05) is 32.2 Å². The van der Waals surface area contributed by atoms with Gasteiger partial charge in [-0.3, -0.25) is 14.5 Å². The van der Waals surface area contributed by atoms with E-state index < -0.39 is 53.3 Å². The molecular weight excluding hydrogens is 643 g/mol. The van der Waals surface area contributed by atoms with Crippen LogP contribution in [0.15, 0.2) is 54.6 Å². The molecule has 14 heteroatoms. The lowest BCUT2D eigenvalue weighted by molar-refractivity contribution is -0.0416. The maximum absolute atomic E-state index is 15.9. The van der Waals surface area contributed by atoms with Crippen molar-refractivity contribution in [2.24, 2.45) is 5.92 Å². The second kappa shape index (κ2) is 16.8. The number of carbonyl (C=O) groups excluding carboxylic acids is 3. The van der Waals surface area contributed by atoms with Gasteiger partial charge in [-0.15, -0.1) is 0 Å². The van der Waals surface area contributed by atoms with E-state index in [0.29, 0.717) is 16.9 Å². The zero-order chi connectivity index (χ0) is 35.7. The standard InChI is InChI=1S/C35H39FN2O11/c1-20-16-23(17-21(2)31(20)48-19-45-4)32(40)37-29-24(30(39)27-25(47-18-44-3)13-14-26(46-5)28(27)36)12-9-15-38(35(42)43)33(29)49-34(41)22-10-7-6-8-11-22/h6-8,10-11,13-14,16-17,24,29,33H,9,12,15,18-19H2,1-5H3,(H,37,40)(H,42,43). The predicted molar refractivity (Wildman–Crippen MR) is 173 cm³/mol. The molecular formula is C35H39FN2O11. The number of aryl methyl sites for hydroxylation is 2. The van der Waals surface area contributed by atoms with E-state index in [1.807, 2.05) is 0 Å². The lowest BCUT2D eigenvalue weighted by Gasteiger charge is -2.35. The van der Waals surface area contributed by atoms with Gasteiger partial charge >= 0.3 is 12.1 Å². The molecule has 2 amide bonds. The number of hydrogen-bond donors (Lipinski definition) is 2. The minimum atomic E-state index is -1.70. The fourth-order valence-corrected chi connectivity index (χ4v) is 5.76. The molecule has 1 fully saturated rings. The molecule has 1 aliphatic heterocycles. The molecule has 3 aromatic rings. The van der Waals surface area contributed by atoms with E-state index in [0.717, 1.165) is 4.90 Å². The van der Waals surface area contributed by atoms with Crippen molar-refractivity contribution in [1.82, 2.24) is 10.2 Å². The number of likely N-dealkylation sites (tertiary alicyclic amines) is 1. The summed E-state index contributed by atoms with van der Waals surface area (Å²) < 4.78 is 48.0. The average molecular weight is 683 g/mol. The van der Waals surface area contributed by atoms with Gasteiger partial charge in [-0.25, -0.2) is 14.0 Å². The zero-order valence-electron chi connectivity index (χ0n) is 27.8. The molecule has 1 aliphatic rings. The number of esters is 1. The molecule has 0 aliphatic carbocycles. The first-order chi connectivity index (χ1) is 23.5. The number of hydrogen-bond acceptors (Lipinski definition) is 10. The number of ether oxygens (including phenoxy) is 6. The molecule has 3 unspecified atom stereocenters. The second-order valence-corrected chi connectivity index (χ2v) is 11.2. The Morgan fingerprint density at radius 3 is 2.14 bits per heavy atom. The molecule has 0 bridgehead atoms. The average Bonchev–Trinajstić information content (AvgIpc) is 3.26. The number of carboxylic acid groups (broad SMARTS) is 1. The van der Waals surface area contributed by atoms with Crippen LogP contribution in [0, 0.1) is 25.6 Å². The second-order valence-electron chi connectivity index (χ2n) is 11.2. The van der Waals surface area contributed by atoms with Crippen molar-refractivity contribution in [3.8, 4) is 17.2 Å². The van der Waals surface area contributed by atoms with Crippen molar-refractivity contribution >= 4 is 23.8 Å². The number of nitrogens with one attached hydrogen (secondary N) is 1. The van der Waals surface area contributed by atoms with Gasteiger partial charge in [-0.2, -0.15) is 0 Å². The van der Waals surface area contributed by atoms with Crippen molar-refractivity contribution in [2.45, 2.75) is 39.0 Å². The fraction of sp³-hybridized carbons (Fsp3) is 0.371. The molecule has 1 saturated heterocycles. The summed E-state index contributed by atoms with van der Waals surface area (Å²) in [4.78, 5) is 55.3. The molecule has 0 saturated carbocycles. The van der Waals surface area contributed by atoms with Crippen molar-refractivity contribution < 1.29 is 57.1 Å². The maximum atomic E-state index is 15.9. The third-order valence-electron chi connectivity index (χ3n) is 7.99. The summed E-state index contributed by atoms with van der Waals surface area (Å²) in [5.41, 5.74) is 0.976. The van der Waals surface area contributed by atoms with Crippen LogP contribution in [0.5, 0.6) is 17.2 Å². The molecule has 13 nitrogen and oxygen atoms in total. The Bertz CT molecular complexity index is 1640. The van der Waals surface area contributed by atoms with E-state index in [9.17, 15) is 24.3 Å². The predicted octanol–water partition coefficient (Wildman–Crippen LogP) is 4.97. The van der Waals surface area contributed by atoms with Crippen LogP contribution < -0.4 is 19.5 Å². The van der Waals surface area contributed by atoms with Crippen LogP contribution in [0.4, 0.5) is 9.18 Å². The van der Waals surface area contributed by atoms with Gasteiger partial charge in [0.25, 0.3) is 5.91 Å². The minimum Gasteiger partial charge on any atom is -0.494 e. The Balaban J connectivity index is 1.85. The highest BCUT2D eigenvalue weighted by molar-refractivity contribution is 6.02. The number of rotatable bonds is 13. The Morgan fingerprint density at radius 2 is 1.53 bits per heavy atom. The van der Waals surface area contributed by atoms with Crippen molar-refractivity contribution in [1.29, 1.82) is 0 Å². The molecule has 3 atom stereocenters. The van der Waals surface area contributed by atoms with E-state index in [1.54, 1.807) is 44.2 Å². The lowest BCUT2D eigenvalue weighted by atomic mass is 9.85. The molecule has 4 rings (SSSR count). The Labute approximate surface area is 282 Å². The number of methoxy groups -OCH3 is 3. The summed E-state index contributed by atoms with van der Waals surface area (Å²) in [6.45, 7) is 2.97. The van der Waals surface area contributed by atoms with E-state index >= 15 is 4.39 Å². The maximum Gasteiger partial charge on any atom is 0.410 e. The molecule has 0 aromatic heterocycles. The molecule has 0 spiro atoms. The summed E-state index contributed by atoms with van der Waals surface area (Å²) in [5.74, 6) is -4.68. The van der Waals surface area contributed by atoms with Crippen LogP contribution in [-0.2, 0) is 14.2 Å². The van der Waals surface area contributed by atoms with Gasteiger partial charge < -0.3 is 38.8 Å². The van der Waals surface area contributed by atoms with E-state index in [1.165, 1.54) is 45.6 Å². The van der Waals surface area contributed by atoms with Crippen molar-refractivity contribution in [3.63, 3.8) is 0 Å². The largest absolute Gasteiger partial charge is 0.494 e. The molecule has 49 heavy (non-hydrogen) atoms. The Hall–Kier alpha value is -5.21. The van der Waals surface area contributed by atoms with Gasteiger partial charge in [-0.1, -0.05) is 18.2 Å². The third kappa shape index (κ3) is 8.45. The number of Topliss-reactive ketones (excluding diaryl/α,β-unsaturated/α-hetero) is 1. The zero-order valence-corrected chi connectivity index (χ0v) is 27.8. The number of halogens is 1. The van der Waals surface area contributed by atoms with Gasteiger partial charge in [0.2, 0.25) is 6.23 Å². The summed E-state index contributed by atoms with van der Waals surface area (Å²) in [5, 5.41) is 13.0. The summed E-state index contributed by atoms with van der Waals surface area (Å²) in [6, 6.07) is 12.1. The number of benzene rings is 3. The Kier molecular flexibility index (Phi) is 12.5. The first-order valence-electron chi connectivity index (χ1n) is 15.3. The van der Waals surface area contributed by atoms with Crippen molar-refractivity contribution in [3.05, 3.63) is 88.2 Å². The molecule has 1 heterocycles. The number of ketones is 1. The minimum absolute atomic E-state index is 0.0184.